The number of carboxylic acid groups (broad SMARTS) is 1. The lowest BCUT2D eigenvalue weighted by atomic mass is 9.86. The van der Waals surface area contributed by atoms with E-state index in [1.807, 2.05) is 13.0 Å². The number of aliphatic carboxylic acids is 1. The lowest BCUT2D eigenvalue weighted by Gasteiger charge is -2.31. The number of aryl methyl sites for hydroxylation is 1. The topological polar surface area (TPSA) is 160 Å². The Bertz CT molecular complexity index is 1740. The fourth-order valence-electron chi connectivity index (χ4n) is 6.75. The predicted octanol–water partition coefficient (Wildman–Crippen LogP) is 3.45. The van der Waals surface area contributed by atoms with Gasteiger partial charge in [0.15, 0.2) is 5.60 Å². The van der Waals surface area contributed by atoms with Crippen LogP contribution < -0.4 is 15.6 Å². The molecule has 6 rings (SSSR count). The first-order valence-corrected chi connectivity index (χ1v) is 15.7. The second-order valence-corrected chi connectivity index (χ2v) is 12.0. The number of amides is 1. The van der Waals surface area contributed by atoms with Crippen molar-refractivity contribution in [1.82, 2.24) is 19.8 Å². The van der Waals surface area contributed by atoms with Crippen LogP contribution in [0.15, 0.2) is 29.1 Å². The molecule has 0 spiro atoms. The van der Waals surface area contributed by atoms with E-state index in [2.05, 4.69) is 5.32 Å². The molecule has 5 heterocycles. The Morgan fingerprint density at radius 1 is 1.13 bits per heavy atom. The number of piperidine rings is 1. The van der Waals surface area contributed by atoms with Crippen LogP contribution in [-0.2, 0) is 39.5 Å². The first kappa shape index (κ1) is 30.7. The molecule has 238 valence electrons. The second-order valence-electron chi connectivity index (χ2n) is 12.0. The average molecular weight is 619 g/mol. The Balaban J connectivity index is 1.19. The number of unbranched alkanes of at least 4 members (excludes halogenated alkanes) is 1. The molecule has 0 saturated carbocycles. The third-order valence-electron chi connectivity index (χ3n) is 9.34. The molecule has 2 aromatic heterocycles. The van der Waals surface area contributed by atoms with Gasteiger partial charge in [-0.1, -0.05) is 13.8 Å². The molecule has 12 heteroatoms. The summed E-state index contributed by atoms with van der Waals surface area (Å²) in [5, 5.41) is 24.2. The number of cyclic esters (lactones) is 1. The van der Waals surface area contributed by atoms with Gasteiger partial charge in [-0.3, -0.25) is 9.59 Å². The van der Waals surface area contributed by atoms with Crippen molar-refractivity contribution in [2.45, 2.75) is 83.6 Å². The molecule has 12 nitrogen and oxygen atoms in total. The maximum atomic E-state index is 13.6. The number of nitrogens with one attached hydrogen (secondary N) is 1. The van der Waals surface area contributed by atoms with Gasteiger partial charge in [0.1, 0.15) is 12.4 Å². The Morgan fingerprint density at radius 2 is 1.91 bits per heavy atom. The molecule has 1 amide bonds. The van der Waals surface area contributed by atoms with Gasteiger partial charge in [-0.15, -0.1) is 0 Å². The van der Waals surface area contributed by atoms with E-state index in [9.17, 15) is 24.3 Å². The number of benzene rings is 1. The van der Waals surface area contributed by atoms with Gasteiger partial charge in [-0.05, 0) is 74.9 Å². The zero-order valence-electron chi connectivity index (χ0n) is 25.6. The highest BCUT2D eigenvalue weighted by Gasteiger charge is 2.45. The van der Waals surface area contributed by atoms with Crippen LogP contribution in [-0.4, -0.2) is 68.4 Å². The summed E-state index contributed by atoms with van der Waals surface area (Å²) >= 11 is 0. The van der Waals surface area contributed by atoms with Crippen molar-refractivity contribution in [3.8, 4) is 17.1 Å². The summed E-state index contributed by atoms with van der Waals surface area (Å²) in [6.45, 7) is 5.71. The van der Waals surface area contributed by atoms with Crippen molar-refractivity contribution in [1.29, 1.82) is 0 Å². The number of aliphatic hydroxyl groups is 1. The van der Waals surface area contributed by atoms with Crippen LogP contribution in [0, 0.1) is 0 Å². The number of likely N-dealkylation sites (tertiary alicyclic amines) is 1. The highest BCUT2D eigenvalue weighted by molar-refractivity contribution is 5.90. The van der Waals surface area contributed by atoms with Crippen LogP contribution in [0.2, 0.25) is 0 Å². The van der Waals surface area contributed by atoms with Gasteiger partial charge < -0.3 is 34.5 Å². The van der Waals surface area contributed by atoms with E-state index in [1.54, 1.807) is 34.6 Å². The van der Waals surface area contributed by atoms with Gasteiger partial charge in [0.05, 0.1) is 29.0 Å². The van der Waals surface area contributed by atoms with Crippen molar-refractivity contribution in [3.63, 3.8) is 0 Å². The lowest BCUT2D eigenvalue weighted by molar-refractivity contribution is -0.172. The molecule has 3 aliphatic rings. The molecule has 1 saturated heterocycles. The molecule has 45 heavy (non-hydrogen) atoms. The summed E-state index contributed by atoms with van der Waals surface area (Å²) in [4.78, 5) is 56.4. The van der Waals surface area contributed by atoms with E-state index >= 15 is 0 Å². The van der Waals surface area contributed by atoms with Gasteiger partial charge in [0.2, 0.25) is 0 Å². The number of pyridine rings is 2. The number of hydrogen-bond donors (Lipinski definition) is 3. The Hall–Kier alpha value is -4.29. The van der Waals surface area contributed by atoms with Crippen molar-refractivity contribution in [2.24, 2.45) is 0 Å². The molecule has 0 radical (unpaired) electrons. The molecule has 3 aromatic rings. The predicted molar refractivity (Wildman–Crippen MR) is 164 cm³/mol. The minimum Gasteiger partial charge on any atom is -0.481 e. The van der Waals surface area contributed by atoms with Crippen molar-refractivity contribution in [2.75, 3.05) is 19.6 Å². The molecular weight excluding hydrogens is 580 g/mol. The summed E-state index contributed by atoms with van der Waals surface area (Å²) < 4.78 is 12.6. The largest absolute Gasteiger partial charge is 0.481 e. The first-order valence-electron chi connectivity index (χ1n) is 15.7. The Morgan fingerprint density at radius 3 is 2.62 bits per heavy atom. The number of carboxylic acids is 1. The molecule has 1 atom stereocenters. The van der Waals surface area contributed by atoms with Crippen LogP contribution in [0.5, 0.6) is 5.75 Å². The first-order chi connectivity index (χ1) is 21.6. The van der Waals surface area contributed by atoms with Crippen molar-refractivity contribution >= 4 is 28.9 Å². The van der Waals surface area contributed by atoms with E-state index in [0.29, 0.717) is 55.1 Å². The van der Waals surface area contributed by atoms with Gasteiger partial charge >= 0.3 is 18.0 Å². The molecule has 1 fully saturated rings. The van der Waals surface area contributed by atoms with Crippen molar-refractivity contribution in [3.05, 3.63) is 56.9 Å². The van der Waals surface area contributed by atoms with Crippen LogP contribution in [0.25, 0.3) is 22.3 Å². The van der Waals surface area contributed by atoms with E-state index < -0.39 is 23.6 Å². The zero-order valence-corrected chi connectivity index (χ0v) is 25.6. The Labute approximate surface area is 260 Å². The second kappa shape index (κ2) is 12.2. The van der Waals surface area contributed by atoms with Crippen molar-refractivity contribution < 1.29 is 34.1 Å². The quantitative estimate of drug-likeness (QED) is 0.187. The van der Waals surface area contributed by atoms with E-state index in [4.69, 9.17) is 19.6 Å². The van der Waals surface area contributed by atoms with Crippen LogP contribution in [0.1, 0.15) is 74.6 Å². The van der Waals surface area contributed by atoms with Gasteiger partial charge in [-0.25, -0.2) is 14.6 Å². The summed E-state index contributed by atoms with van der Waals surface area (Å²) in [6, 6.07) is 7.33. The van der Waals surface area contributed by atoms with E-state index in [1.165, 1.54) is 0 Å². The molecule has 1 unspecified atom stereocenters. The van der Waals surface area contributed by atoms with Crippen LogP contribution in [0.4, 0.5) is 4.79 Å². The molecule has 3 aliphatic heterocycles. The summed E-state index contributed by atoms with van der Waals surface area (Å²) in [5.74, 6) is -1.12. The molecule has 0 aliphatic carbocycles. The molecular formula is C33H38N4O8. The number of hydrogen-bond acceptors (Lipinski definition) is 9. The monoisotopic (exact) mass is 618 g/mol. The number of fused-ring (bicyclic) bond motifs is 5. The van der Waals surface area contributed by atoms with E-state index in [-0.39, 0.29) is 42.2 Å². The van der Waals surface area contributed by atoms with Gasteiger partial charge in [-0.2, -0.15) is 0 Å². The van der Waals surface area contributed by atoms with Gasteiger partial charge in [0, 0.05) is 42.1 Å². The maximum Gasteiger partial charge on any atom is 0.415 e. The number of aromatic nitrogens is 2. The number of ether oxygens (including phenoxy) is 2. The SMILES string of the molecule is CCc1c2c(nc3ccc(OC(=O)N4CCC(NCCCCC(=O)O)CC4)cc13)-c1cc3c(c(=O)n1C2)COC(=O)C3(O)CC. The third kappa shape index (κ3) is 5.57. The zero-order chi connectivity index (χ0) is 31.9. The number of carbonyl (C=O) groups is 3. The number of nitrogens with zero attached hydrogens (tertiary/aromatic N) is 3. The molecule has 0 bridgehead atoms. The number of carbonyl (C=O) groups excluding carboxylic acids is 2. The molecule has 1 aromatic carbocycles. The normalized spacial score (nSPS) is 19.2. The summed E-state index contributed by atoms with van der Waals surface area (Å²) in [5.41, 5.74) is 2.12. The van der Waals surface area contributed by atoms with Gasteiger partial charge in [0.25, 0.3) is 5.56 Å². The van der Waals surface area contributed by atoms with Crippen LogP contribution >= 0.6 is 0 Å². The summed E-state index contributed by atoms with van der Waals surface area (Å²) in [6.07, 6.45) is 3.53. The Kier molecular flexibility index (Phi) is 8.36. The number of esters is 1. The fraction of sp³-hybridized carbons (Fsp3) is 0.485. The summed E-state index contributed by atoms with van der Waals surface area (Å²) in [7, 11) is 0. The third-order valence-corrected chi connectivity index (χ3v) is 9.34. The molecule has 3 N–H and O–H groups in total. The lowest BCUT2D eigenvalue weighted by Crippen LogP contribution is -2.46. The van der Waals surface area contributed by atoms with Crippen LogP contribution in [0.3, 0.4) is 0 Å². The highest BCUT2D eigenvalue weighted by atomic mass is 16.6. The minimum atomic E-state index is -1.89. The highest BCUT2D eigenvalue weighted by Crippen LogP contribution is 2.40. The number of rotatable bonds is 9. The fourth-order valence-corrected chi connectivity index (χ4v) is 6.75. The maximum absolute atomic E-state index is 13.6. The minimum absolute atomic E-state index is 0.0759. The standard InChI is InChI=1S/C33H38N4O8/c1-3-21-22-15-20(45-32(42)36-13-10-19(11-14-36)34-12-6-5-7-28(38)39)8-9-26(22)35-29-23(21)17-37-27(29)16-25-24(30(37)40)18-44-31(41)33(25,43)4-2/h8-9,15-16,19,34,43H,3-7,10-14,17-18H2,1-2H3,(H,38,39). The smallest absolute Gasteiger partial charge is 0.415 e. The van der Waals surface area contributed by atoms with E-state index in [0.717, 1.165) is 42.3 Å². The average Bonchev–Trinajstić information content (AvgIpc) is 3.40.